The zero-order valence-corrected chi connectivity index (χ0v) is 9.49. The predicted molar refractivity (Wildman–Crippen MR) is 64.7 cm³/mol. The highest BCUT2D eigenvalue weighted by Gasteiger charge is 1.99. The number of alkyl halides is 1. The second-order valence-electron chi connectivity index (χ2n) is 3.05. The molecule has 0 spiro atoms. The highest BCUT2D eigenvalue weighted by molar-refractivity contribution is 9.08. The maximum absolute atomic E-state index is 11.9. The fourth-order valence-corrected chi connectivity index (χ4v) is 1.57. The zero-order chi connectivity index (χ0) is 12.4. The Morgan fingerprint density at radius 3 is 2.67 bits per heavy atom. The number of pyridine rings is 1. The molecular formula is C12H10BrNO. The first-order valence-electron chi connectivity index (χ1n) is 5.48. The summed E-state index contributed by atoms with van der Waals surface area (Å²) in [6, 6.07) is 8.82. The van der Waals surface area contributed by atoms with E-state index in [9.17, 15) is 4.79 Å². The summed E-state index contributed by atoms with van der Waals surface area (Å²) in [5, 5.41) is 0.449. The minimum atomic E-state index is -0.467. The van der Waals surface area contributed by atoms with Gasteiger partial charge >= 0.3 is 0 Å². The molecule has 1 heterocycles. The average molecular weight is 266 g/mol. The molecule has 0 saturated heterocycles. The van der Waals surface area contributed by atoms with Crippen LogP contribution in [0.4, 0.5) is 0 Å². The average Bonchev–Trinajstić information content (AvgIpc) is 2.37. The summed E-state index contributed by atoms with van der Waals surface area (Å²) in [5.41, 5.74) is 0.859. The van der Waals surface area contributed by atoms with Crippen LogP contribution in [0.3, 0.4) is 0 Å². The summed E-state index contributed by atoms with van der Waals surface area (Å²) < 4.78 is 16.7. The lowest BCUT2D eigenvalue weighted by Gasteiger charge is -2.06. The van der Waals surface area contributed by atoms with E-state index in [0.717, 1.165) is 0 Å². The van der Waals surface area contributed by atoms with E-state index < -0.39 is 5.56 Å². The summed E-state index contributed by atoms with van der Waals surface area (Å²) >= 11 is 3.26. The van der Waals surface area contributed by atoms with Crippen LogP contribution in [0.25, 0.3) is 5.69 Å². The van der Waals surface area contributed by atoms with Gasteiger partial charge in [0.25, 0.3) is 5.56 Å². The molecule has 2 rings (SSSR count). The van der Waals surface area contributed by atoms with E-state index in [-0.39, 0.29) is 12.1 Å². The van der Waals surface area contributed by atoms with Crippen molar-refractivity contribution in [3.05, 3.63) is 64.5 Å². The molecule has 15 heavy (non-hydrogen) atoms. The second kappa shape index (κ2) is 4.45. The van der Waals surface area contributed by atoms with E-state index in [0.29, 0.717) is 16.6 Å². The Labute approximate surface area is 99.1 Å². The number of benzene rings is 1. The number of halogens is 1. The second-order valence-corrected chi connectivity index (χ2v) is 3.61. The molecule has 3 heteroatoms. The van der Waals surface area contributed by atoms with Crippen LogP contribution < -0.4 is 5.56 Å². The van der Waals surface area contributed by atoms with Gasteiger partial charge in [0.15, 0.2) is 0 Å². The number of hydrogen-bond donors (Lipinski definition) is 0. The molecule has 0 unspecified atom stereocenters. The summed E-state index contributed by atoms with van der Waals surface area (Å²) in [4.78, 5) is 11.9. The standard InChI is InChI=1S/C12H10BrNO/c13-8-10-6-7-12(15)14(9-10)11-4-2-1-3-5-11/h1-7,9H,8H2/i6D,7D. The van der Waals surface area contributed by atoms with Crippen LogP contribution in [0.15, 0.2) is 53.4 Å². The molecule has 1 aromatic heterocycles. The highest BCUT2D eigenvalue weighted by atomic mass is 79.9. The maximum atomic E-state index is 11.9. The SMILES string of the molecule is [2H]c1c(CBr)cn(-c2ccccc2)c(=O)c1[2H]. The van der Waals surface area contributed by atoms with Crippen LogP contribution in [0.5, 0.6) is 0 Å². The number of nitrogens with zero attached hydrogens (tertiary/aromatic N) is 1. The molecule has 0 aliphatic carbocycles. The van der Waals surface area contributed by atoms with Crippen LogP contribution in [-0.2, 0) is 5.33 Å². The number of hydrogen-bond acceptors (Lipinski definition) is 1. The van der Waals surface area contributed by atoms with Crippen LogP contribution in [-0.4, -0.2) is 4.57 Å². The molecule has 76 valence electrons. The summed E-state index contributed by atoms with van der Waals surface area (Å²) in [6.45, 7) is 0. The fourth-order valence-electron chi connectivity index (χ4n) is 1.29. The van der Waals surface area contributed by atoms with Crippen molar-refractivity contribution in [3.63, 3.8) is 0 Å². The van der Waals surface area contributed by atoms with E-state index in [1.807, 2.05) is 18.2 Å². The molecule has 0 saturated carbocycles. The van der Waals surface area contributed by atoms with Gasteiger partial charge in [-0.15, -0.1) is 0 Å². The first-order chi connectivity index (χ1) is 8.15. The molecule has 0 amide bonds. The Hall–Kier alpha value is -1.35. The smallest absolute Gasteiger partial charge is 0.255 e. The molecule has 2 nitrogen and oxygen atoms in total. The van der Waals surface area contributed by atoms with Gasteiger partial charge in [-0.05, 0) is 17.7 Å². The van der Waals surface area contributed by atoms with Crippen LogP contribution in [0, 0.1) is 0 Å². The van der Waals surface area contributed by atoms with Gasteiger partial charge in [0.2, 0.25) is 0 Å². The largest absolute Gasteiger partial charge is 0.284 e. The molecule has 0 radical (unpaired) electrons. The third kappa shape index (κ3) is 2.18. The Kier molecular flexibility index (Phi) is 2.34. The van der Waals surface area contributed by atoms with Gasteiger partial charge < -0.3 is 0 Å². The molecule has 2 aromatic rings. The van der Waals surface area contributed by atoms with Crippen molar-refractivity contribution in [1.29, 1.82) is 0 Å². The van der Waals surface area contributed by atoms with Gasteiger partial charge in [0.05, 0.1) is 2.74 Å². The quantitative estimate of drug-likeness (QED) is 0.766. The molecule has 0 N–H and O–H groups in total. The fraction of sp³-hybridized carbons (Fsp3) is 0.0833. The van der Waals surface area contributed by atoms with Gasteiger partial charge in [-0.3, -0.25) is 9.36 Å². The lowest BCUT2D eigenvalue weighted by Crippen LogP contribution is -2.16. The lowest BCUT2D eigenvalue weighted by molar-refractivity contribution is 0.975. The third-order valence-electron chi connectivity index (χ3n) is 2.01. The minimum absolute atomic E-state index is 0.0148. The highest BCUT2D eigenvalue weighted by Crippen LogP contribution is 2.07. The van der Waals surface area contributed by atoms with E-state index in [1.54, 1.807) is 18.3 Å². The first-order valence-corrected chi connectivity index (χ1v) is 5.60. The zero-order valence-electron chi connectivity index (χ0n) is 9.90. The van der Waals surface area contributed by atoms with Crippen LogP contribution >= 0.6 is 15.9 Å². The predicted octanol–water partition coefficient (Wildman–Crippen LogP) is 2.73. The van der Waals surface area contributed by atoms with E-state index >= 15 is 0 Å². The molecule has 0 atom stereocenters. The monoisotopic (exact) mass is 265 g/mol. The van der Waals surface area contributed by atoms with Gasteiger partial charge in [-0.2, -0.15) is 0 Å². The van der Waals surface area contributed by atoms with Crippen molar-refractivity contribution in [3.8, 4) is 5.69 Å². The Morgan fingerprint density at radius 2 is 2.00 bits per heavy atom. The summed E-state index contributed by atoms with van der Waals surface area (Å²) in [6.07, 6.45) is 1.60. The summed E-state index contributed by atoms with van der Waals surface area (Å²) in [5.74, 6) is 0. The Bertz CT molecular complexity index is 595. The number of rotatable bonds is 2. The van der Waals surface area contributed by atoms with E-state index in [1.165, 1.54) is 4.57 Å². The van der Waals surface area contributed by atoms with Crippen molar-refractivity contribution in [1.82, 2.24) is 4.57 Å². The minimum Gasteiger partial charge on any atom is -0.284 e. The maximum Gasteiger partial charge on any atom is 0.255 e. The molecular weight excluding hydrogens is 254 g/mol. The topological polar surface area (TPSA) is 22.0 Å². The van der Waals surface area contributed by atoms with Crippen molar-refractivity contribution in [2.75, 3.05) is 0 Å². The molecule has 0 aliphatic rings. The van der Waals surface area contributed by atoms with E-state index in [4.69, 9.17) is 2.74 Å². The normalized spacial score (nSPS) is 12.1. The van der Waals surface area contributed by atoms with Gasteiger partial charge in [-0.1, -0.05) is 40.2 Å². The first kappa shape index (κ1) is 7.88. The third-order valence-corrected chi connectivity index (χ3v) is 2.62. The van der Waals surface area contributed by atoms with Crippen molar-refractivity contribution >= 4 is 15.9 Å². The van der Waals surface area contributed by atoms with Crippen LogP contribution in [0.1, 0.15) is 8.30 Å². The molecule has 1 aromatic carbocycles. The number of aromatic nitrogens is 1. The lowest BCUT2D eigenvalue weighted by atomic mass is 10.3. The van der Waals surface area contributed by atoms with Crippen molar-refractivity contribution in [2.45, 2.75) is 5.33 Å². The molecule has 0 fully saturated rings. The van der Waals surface area contributed by atoms with Crippen molar-refractivity contribution < 1.29 is 2.74 Å². The molecule has 0 bridgehead atoms. The summed E-state index contributed by atoms with van der Waals surface area (Å²) in [7, 11) is 0. The Balaban J connectivity index is 2.72. The van der Waals surface area contributed by atoms with Crippen molar-refractivity contribution in [2.24, 2.45) is 0 Å². The molecule has 0 aliphatic heterocycles. The van der Waals surface area contributed by atoms with E-state index in [2.05, 4.69) is 15.9 Å². The number of para-hydroxylation sites is 1. The Morgan fingerprint density at radius 1 is 1.27 bits per heavy atom. The van der Waals surface area contributed by atoms with Crippen LogP contribution in [0.2, 0.25) is 0 Å². The van der Waals surface area contributed by atoms with Gasteiger partial charge in [0, 0.05) is 23.3 Å². The van der Waals surface area contributed by atoms with Gasteiger partial charge in [0.1, 0.15) is 0 Å². The van der Waals surface area contributed by atoms with Gasteiger partial charge in [-0.25, -0.2) is 0 Å².